The Morgan fingerprint density at radius 1 is 1.43 bits per heavy atom. The maximum absolute atomic E-state index is 7.14. The largest absolute Gasteiger partial charge is 0.309 e. The van der Waals surface area contributed by atoms with E-state index >= 15 is 0 Å². The normalized spacial score (nSPS) is 14.0. The average molecular weight is 305 g/mol. The number of allylic oxidation sites excluding steroid dienone is 3. The van der Waals surface area contributed by atoms with Gasteiger partial charge in [0.05, 0.1) is 0 Å². The van der Waals surface area contributed by atoms with E-state index in [2.05, 4.69) is 56.4 Å². The first-order chi connectivity index (χ1) is 6.44. The molecule has 1 N–H and O–H groups in total. The molecule has 0 saturated heterocycles. The Kier molecular flexibility index (Phi) is 6.33. The highest BCUT2D eigenvalue weighted by atomic mass is 127. The Hall–Kier alpha value is -0.120. The zero-order valence-corrected chi connectivity index (χ0v) is 11.6. The molecule has 2 heteroatoms. The lowest BCUT2D eigenvalue weighted by Crippen LogP contribution is -2.16. The van der Waals surface area contributed by atoms with Crippen LogP contribution in [0.25, 0.3) is 0 Å². The van der Waals surface area contributed by atoms with Crippen molar-refractivity contribution in [1.82, 2.24) is 0 Å². The summed E-state index contributed by atoms with van der Waals surface area (Å²) in [6, 6.07) is 0. The van der Waals surface area contributed by atoms with Crippen LogP contribution in [-0.4, -0.2) is 6.21 Å². The summed E-state index contributed by atoms with van der Waals surface area (Å²) < 4.78 is 2.01. The minimum absolute atomic E-state index is 0.160. The molecule has 14 heavy (non-hydrogen) atoms. The molecule has 80 valence electrons. The molecule has 0 radical (unpaired) electrons. The molecule has 0 aromatic rings. The monoisotopic (exact) mass is 305 g/mol. The smallest absolute Gasteiger partial charge is 0.0180 e. The number of hydrogen-bond donors (Lipinski definition) is 1. The minimum atomic E-state index is 0.160. The summed E-state index contributed by atoms with van der Waals surface area (Å²) in [5.41, 5.74) is 1.39. The summed E-state index contributed by atoms with van der Waals surface area (Å²) in [6.07, 6.45) is 6.49. The van der Waals surface area contributed by atoms with Crippen LogP contribution in [-0.2, 0) is 0 Å². The van der Waals surface area contributed by atoms with Crippen LogP contribution in [0.3, 0.4) is 0 Å². The second-order valence-electron chi connectivity index (χ2n) is 4.56. The predicted octanol–water partition coefficient (Wildman–Crippen LogP) is 4.58. The van der Waals surface area contributed by atoms with Crippen molar-refractivity contribution in [3.05, 3.63) is 21.8 Å². The van der Waals surface area contributed by atoms with Gasteiger partial charge in [0.1, 0.15) is 0 Å². The second kappa shape index (κ2) is 6.38. The van der Waals surface area contributed by atoms with Gasteiger partial charge < -0.3 is 5.41 Å². The zero-order chi connectivity index (χ0) is 11.2. The van der Waals surface area contributed by atoms with Crippen molar-refractivity contribution >= 4 is 28.8 Å². The number of nitrogens with one attached hydrogen (secondary N) is 1. The summed E-state index contributed by atoms with van der Waals surface area (Å²) in [6.45, 7) is 8.94. The van der Waals surface area contributed by atoms with E-state index in [1.807, 2.05) is 10.2 Å². The molecule has 0 aromatic carbocycles. The van der Waals surface area contributed by atoms with Crippen LogP contribution < -0.4 is 0 Å². The fourth-order valence-corrected chi connectivity index (χ4v) is 2.19. The Bertz CT molecular complexity index is 237. The van der Waals surface area contributed by atoms with Gasteiger partial charge in [0.15, 0.2) is 0 Å². The van der Waals surface area contributed by atoms with Gasteiger partial charge in [0, 0.05) is 6.21 Å². The minimum Gasteiger partial charge on any atom is -0.309 e. The van der Waals surface area contributed by atoms with Crippen LogP contribution in [0.1, 0.15) is 34.1 Å². The van der Waals surface area contributed by atoms with Gasteiger partial charge in [-0.2, -0.15) is 0 Å². The third-order valence-corrected chi connectivity index (χ3v) is 2.57. The van der Waals surface area contributed by atoms with Crippen LogP contribution >= 0.6 is 22.6 Å². The molecule has 0 aromatic heterocycles. The highest BCUT2D eigenvalue weighted by molar-refractivity contribution is 14.1. The molecule has 0 amide bonds. The third-order valence-electron chi connectivity index (χ3n) is 2.21. The molecule has 0 aliphatic rings. The summed E-state index contributed by atoms with van der Waals surface area (Å²) in [5.74, 6) is 0.682. The lowest BCUT2D eigenvalue weighted by Gasteiger charge is -2.28. The van der Waals surface area contributed by atoms with Crippen molar-refractivity contribution in [1.29, 1.82) is 5.41 Å². The summed E-state index contributed by atoms with van der Waals surface area (Å²) in [4.78, 5) is 0. The number of hydrogen-bond acceptors (Lipinski definition) is 1. The number of rotatable bonds is 5. The van der Waals surface area contributed by atoms with E-state index in [0.717, 1.165) is 6.42 Å². The quantitative estimate of drug-likeness (QED) is 0.436. The SMILES string of the molecule is CC(C)CC(C)(C)C(/C=C\I)=C/C=N. The molecule has 0 unspecified atom stereocenters. The van der Waals surface area contributed by atoms with Gasteiger partial charge in [0.25, 0.3) is 0 Å². The fourth-order valence-electron chi connectivity index (χ4n) is 1.80. The Morgan fingerprint density at radius 3 is 2.36 bits per heavy atom. The van der Waals surface area contributed by atoms with Crippen molar-refractivity contribution in [2.24, 2.45) is 11.3 Å². The van der Waals surface area contributed by atoms with Gasteiger partial charge in [-0.05, 0) is 33.5 Å². The topological polar surface area (TPSA) is 23.9 Å². The van der Waals surface area contributed by atoms with Crippen molar-refractivity contribution in [2.45, 2.75) is 34.1 Å². The highest BCUT2D eigenvalue weighted by Crippen LogP contribution is 2.34. The van der Waals surface area contributed by atoms with Gasteiger partial charge in [-0.25, -0.2) is 0 Å². The molecular weight excluding hydrogens is 285 g/mol. The van der Waals surface area contributed by atoms with Crippen molar-refractivity contribution in [3.8, 4) is 0 Å². The van der Waals surface area contributed by atoms with Crippen molar-refractivity contribution in [3.63, 3.8) is 0 Å². The van der Waals surface area contributed by atoms with Crippen LogP contribution in [0.4, 0.5) is 0 Å². The maximum atomic E-state index is 7.14. The molecule has 0 aliphatic heterocycles. The van der Waals surface area contributed by atoms with E-state index in [-0.39, 0.29) is 5.41 Å². The molecule has 0 atom stereocenters. The Balaban J connectivity index is 4.79. The summed E-state index contributed by atoms with van der Waals surface area (Å²) in [5, 5.41) is 7.14. The first-order valence-electron chi connectivity index (χ1n) is 4.92. The van der Waals surface area contributed by atoms with E-state index in [0.29, 0.717) is 5.92 Å². The lowest BCUT2D eigenvalue weighted by molar-refractivity contribution is 0.352. The average Bonchev–Trinajstić information content (AvgIpc) is 2.01. The lowest BCUT2D eigenvalue weighted by atomic mass is 9.77. The number of halogens is 1. The van der Waals surface area contributed by atoms with Gasteiger partial charge >= 0.3 is 0 Å². The van der Waals surface area contributed by atoms with Gasteiger partial charge in [-0.3, -0.25) is 0 Å². The molecule has 0 heterocycles. The molecule has 1 nitrogen and oxygen atoms in total. The van der Waals surface area contributed by atoms with Crippen molar-refractivity contribution in [2.75, 3.05) is 0 Å². The Labute approximate surface area is 101 Å². The molecule has 0 aliphatic carbocycles. The van der Waals surface area contributed by atoms with Gasteiger partial charge in [0.2, 0.25) is 0 Å². The van der Waals surface area contributed by atoms with Gasteiger partial charge in [-0.1, -0.05) is 56.4 Å². The first-order valence-corrected chi connectivity index (χ1v) is 6.16. The standard InChI is InChI=1S/C12H20IN/c1-10(2)9-12(3,4)11(5-7-13)6-8-14/h5-8,10,14H,9H2,1-4H3/b7-5-,11-6+,14-8?. The third kappa shape index (κ3) is 4.94. The molecule has 0 spiro atoms. The molecule has 0 bridgehead atoms. The zero-order valence-electron chi connectivity index (χ0n) is 9.47. The van der Waals surface area contributed by atoms with E-state index < -0.39 is 0 Å². The Morgan fingerprint density at radius 2 is 2.00 bits per heavy atom. The van der Waals surface area contributed by atoms with E-state index in [9.17, 15) is 0 Å². The van der Waals surface area contributed by atoms with E-state index in [1.54, 1.807) is 0 Å². The fraction of sp³-hybridized carbons (Fsp3) is 0.583. The molecular formula is C12H20IN. The van der Waals surface area contributed by atoms with Crippen LogP contribution in [0, 0.1) is 16.7 Å². The van der Waals surface area contributed by atoms with E-state index in [4.69, 9.17) is 5.41 Å². The summed E-state index contributed by atoms with van der Waals surface area (Å²) in [7, 11) is 0. The van der Waals surface area contributed by atoms with E-state index in [1.165, 1.54) is 11.8 Å². The van der Waals surface area contributed by atoms with Crippen LogP contribution in [0.2, 0.25) is 0 Å². The highest BCUT2D eigenvalue weighted by Gasteiger charge is 2.22. The first kappa shape index (κ1) is 13.9. The second-order valence-corrected chi connectivity index (χ2v) is 5.28. The summed E-state index contributed by atoms with van der Waals surface area (Å²) >= 11 is 2.22. The van der Waals surface area contributed by atoms with Crippen LogP contribution in [0.15, 0.2) is 21.8 Å². The van der Waals surface area contributed by atoms with Crippen LogP contribution in [0.5, 0.6) is 0 Å². The molecule has 0 rings (SSSR count). The van der Waals surface area contributed by atoms with Crippen molar-refractivity contribution < 1.29 is 0 Å². The molecule has 0 saturated carbocycles. The predicted molar refractivity (Wildman–Crippen MR) is 73.3 cm³/mol. The molecule has 0 fully saturated rings. The van der Waals surface area contributed by atoms with Gasteiger partial charge in [-0.15, -0.1) is 0 Å². The maximum Gasteiger partial charge on any atom is 0.0180 e.